The predicted octanol–water partition coefficient (Wildman–Crippen LogP) is 2.99. The number of benzene rings is 2. The van der Waals surface area contributed by atoms with Gasteiger partial charge in [0.25, 0.3) is 0 Å². The number of hydrogen-bond donors (Lipinski definition) is 1. The van der Waals surface area contributed by atoms with Crippen molar-refractivity contribution in [1.82, 2.24) is 0 Å². The van der Waals surface area contributed by atoms with Crippen molar-refractivity contribution >= 4 is 0 Å². The van der Waals surface area contributed by atoms with Gasteiger partial charge < -0.3 is 19.3 Å². The number of rotatable bonds is 7. The molecule has 0 aliphatic rings. The van der Waals surface area contributed by atoms with Crippen LogP contribution >= 0.6 is 0 Å². The van der Waals surface area contributed by atoms with E-state index < -0.39 is 0 Å². The number of aliphatic hydroxyl groups excluding tert-OH is 1. The predicted molar refractivity (Wildman–Crippen MR) is 85.9 cm³/mol. The number of ether oxygens (including phenoxy) is 3. The Kier molecular flexibility index (Phi) is 5.67. The second-order valence-electron chi connectivity index (χ2n) is 5.00. The zero-order valence-electron chi connectivity index (χ0n) is 13.3. The quantitative estimate of drug-likeness (QED) is 0.854. The summed E-state index contributed by atoms with van der Waals surface area (Å²) in [5.74, 6) is 2.23. The molecule has 0 aliphatic heterocycles. The van der Waals surface area contributed by atoms with Crippen LogP contribution in [0.5, 0.6) is 17.2 Å². The van der Waals surface area contributed by atoms with E-state index in [1.54, 1.807) is 27.4 Å². The molecule has 0 saturated carbocycles. The molecule has 2 aromatic rings. The number of hydrogen-bond acceptors (Lipinski definition) is 4. The van der Waals surface area contributed by atoms with E-state index in [1.165, 1.54) is 5.56 Å². The fourth-order valence-corrected chi connectivity index (χ4v) is 2.49. The molecular weight excluding hydrogens is 280 g/mol. The molecule has 0 heterocycles. The van der Waals surface area contributed by atoms with Crippen molar-refractivity contribution in [3.63, 3.8) is 0 Å². The van der Waals surface area contributed by atoms with Crippen LogP contribution in [-0.4, -0.2) is 26.4 Å². The fourth-order valence-electron chi connectivity index (χ4n) is 2.49. The van der Waals surface area contributed by atoms with Crippen molar-refractivity contribution in [3.8, 4) is 17.2 Å². The summed E-state index contributed by atoms with van der Waals surface area (Å²) in [6.45, 7) is -0.0213. The van der Waals surface area contributed by atoms with Gasteiger partial charge in [0.15, 0.2) is 11.5 Å². The summed E-state index contributed by atoms with van der Waals surface area (Å²) >= 11 is 0. The zero-order chi connectivity index (χ0) is 15.9. The Hall–Kier alpha value is -2.20. The summed E-state index contributed by atoms with van der Waals surface area (Å²) in [5, 5.41) is 9.39. The summed E-state index contributed by atoms with van der Waals surface area (Å²) in [4.78, 5) is 0. The Balaban J connectivity index is 2.24. The normalized spacial score (nSPS) is 10.4. The van der Waals surface area contributed by atoms with Crippen LogP contribution < -0.4 is 14.2 Å². The van der Waals surface area contributed by atoms with E-state index >= 15 is 0 Å². The third-order valence-corrected chi connectivity index (χ3v) is 3.62. The SMILES string of the molecule is COc1cccc(CCc2cc(CO)cc(OC)c2OC)c1. The van der Waals surface area contributed by atoms with E-state index in [4.69, 9.17) is 14.2 Å². The van der Waals surface area contributed by atoms with Gasteiger partial charge in [0, 0.05) is 0 Å². The lowest BCUT2D eigenvalue weighted by Gasteiger charge is -2.15. The average molecular weight is 302 g/mol. The molecule has 4 nitrogen and oxygen atoms in total. The average Bonchev–Trinajstić information content (AvgIpc) is 2.58. The first-order chi connectivity index (χ1) is 10.7. The first-order valence-corrected chi connectivity index (χ1v) is 7.19. The monoisotopic (exact) mass is 302 g/mol. The highest BCUT2D eigenvalue weighted by Crippen LogP contribution is 2.33. The van der Waals surface area contributed by atoms with Gasteiger partial charge in [-0.05, 0) is 53.8 Å². The van der Waals surface area contributed by atoms with Crippen molar-refractivity contribution in [2.24, 2.45) is 0 Å². The fraction of sp³-hybridized carbons (Fsp3) is 0.333. The van der Waals surface area contributed by atoms with E-state index in [0.29, 0.717) is 5.75 Å². The van der Waals surface area contributed by atoms with Gasteiger partial charge in [-0.3, -0.25) is 0 Å². The molecule has 1 N–H and O–H groups in total. The highest BCUT2D eigenvalue weighted by atomic mass is 16.5. The first kappa shape index (κ1) is 16.2. The lowest BCUT2D eigenvalue weighted by Crippen LogP contribution is -2.01. The van der Waals surface area contributed by atoms with Crippen LogP contribution in [0.1, 0.15) is 16.7 Å². The second kappa shape index (κ2) is 7.71. The number of aryl methyl sites for hydroxylation is 2. The molecule has 4 heteroatoms. The van der Waals surface area contributed by atoms with E-state index in [0.717, 1.165) is 35.5 Å². The molecule has 0 spiro atoms. The molecule has 0 saturated heterocycles. The van der Waals surface area contributed by atoms with Crippen molar-refractivity contribution in [2.75, 3.05) is 21.3 Å². The molecule has 2 rings (SSSR count). The van der Waals surface area contributed by atoms with Crippen molar-refractivity contribution in [1.29, 1.82) is 0 Å². The molecule has 0 unspecified atom stereocenters. The van der Waals surface area contributed by atoms with E-state index in [9.17, 15) is 5.11 Å². The van der Waals surface area contributed by atoms with Crippen LogP contribution in [0.25, 0.3) is 0 Å². The van der Waals surface area contributed by atoms with Crippen LogP contribution in [0.15, 0.2) is 36.4 Å². The van der Waals surface area contributed by atoms with Gasteiger partial charge in [-0.25, -0.2) is 0 Å². The molecule has 0 radical (unpaired) electrons. The van der Waals surface area contributed by atoms with E-state index in [2.05, 4.69) is 6.07 Å². The van der Waals surface area contributed by atoms with Gasteiger partial charge in [0.2, 0.25) is 0 Å². The summed E-state index contributed by atoms with van der Waals surface area (Å²) in [6, 6.07) is 11.8. The topological polar surface area (TPSA) is 47.9 Å². The first-order valence-electron chi connectivity index (χ1n) is 7.19. The third-order valence-electron chi connectivity index (χ3n) is 3.62. The molecule has 0 fully saturated rings. The maximum atomic E-state index is 9.39. The molecule has 22 heavy (non-hydrogen) atoms. The summed E-state index contributed by atoms with van der Waals surface area (Å²) in [7, 11) is 4.90. The molecule has 0 atom stereocenters. The molecule has 0 aromatic heterocycles. The van der Waals surface area contributed by atoms with Gasteiger partial charge in [0.05, 0.1) is 27.9 Å². The minimum Gasteiger partial charge on any atom is -0.497 e. The molecular formula is C18H22O4. The number of aliphatic hydroxyl groups is 1. The zero-order valence-corrected chi connectivity index (χ0v) is 13.3. The summed E-state index contributed by atoms with van der Waals surface area (Å²) in [5.41, 5.74) is 3.03. The van der Waals surface area contributed by atoms with Crippen molar-refractivity contribution in [3.05, 3.63) is 53.1 Å². The standard InChI is InChI=1S/C18H22O4/c1-20-16-6-4-5-13(10-16)7-8-15-9-14(12-19)11-17(21-2)18(15)22-3/h4-6,9-11,19H,7-8,12H2,1-3H3. The molecule has 0 aliphatic carbocycles. The lowest BCUT2D eigenvalue weighted by atomic mass is 10.0. The minimum atomic E-state index is -0.0213. The van der Waals surface area contributed by atoms with Crippen LogP contribution in [0, 0.1) is 0 Å². The largest absolute Gasteiger partial charge is 0.497 e. The van der Waals surface area contributed by atoms with Crippen LogP contribution in [0.2, 0.25) is 0 Å². The molecule has 0 amide bonds. The highest BCUT2D eigenvalue weighted by molar-refractivity contribution is 5.50. The minimum absolute atomic E-state index is 0.0213. The van der Waals surface area contributed by atoms with Crippen LogP contribution in [0.3, 0.4) is 0 Å². The van der Waals surface area contributed by atoms with Gasteiger partial charge in [-0.15, -0.1) is 0 Å². The van der Waals surface area contributed by atoms with Gasteiger partial charge in [0.1, 0.15) is 5.75 Å². The van der Waals surface area contributed by atoms with Gasteiger partial charge in [-0.2, -0.15) is 0 Å². The van der Waals surface area contributed by atoms with E-state index in [-0.39, 0.29) is 6.61 Å². The summed E-state index contributed by atoms with van der Waals surface area (Å²) < 4.78 is 16.1. The maximum absolute atomic E-state index is 9.39. The Bertz CT molecular complexity index is 622. The van der Waals surface area contributed by atoms with Crippen molar-refractivity contribution < 1.29 is 19.3 Å². The second-order valence-corrected chi connectivity index (χ2v) is 5.00. The Labute approximate surface area is 131 Å². The number of methoxy groups -OCH3 is 3. The van der Waals surface area contributed by atoms with Crippen LogP contribution in [0.4, 0.5) is 0 Å². The maximum Gasteiger partial charge on any atom is 0.163 e. The Morgan fingerprint density at radius 3 is 2.32 bits per heavy atom. The van der Waals surface area contributed by atoms with Crippen molar-refractivity contribution in [2.45, 2.75) is 19.4 Å². The van der Waals surface area contributed by atoms with Crippen LogP contribution in [-0.2, 0) is 19.4 Å². The smallest absolute Gasteiger partial charge is 0.163 e. The summed E-state index contributed by atoms with van der Waals surface area (Å²) in [6.07, 6.45) is 1.64. The lowest BCUT2D eigenvalue weighted by molar-refractivity contribution is 0.280. The Morgan fingerprint density at radius 1 is 0.864 bits per heavy atom. The molecule has 2 aromatic carbocycles. The Morgan fingerprint density at radius 2 is 1.68 bits per heavy atom. The highest BCUT2D eigenvalue weighted by Gasteiger charge is 2.12. The molecule has 0 bridgehead atoms. The van der Waals surface area contributed by atoms with E-state index in [1.807, 2.05) is 24.3 Å². The van der Waals surface area contributed by atoms with Gasteiger partial charge >= 0.3 is 0 Å². The van der Waals surface area contributed by atoms with Gasteiger partial charge in [-0.1, -0.05) is 12.1 Å². The third kappa shape index (κ3) is 3.71. The molecule has 118 valence electrons.